The minimum Gasteiger partial charge on any atom is -0.457 e. The van der Waals surface area contributed by atoms with Gasteiger partial charge in [0.2, 0.25) is 11.8 Å². The number of fused-ring (bicyclic) bond motifs is 9. The molecular formula is C27H41NO7. The smallest absolute Gasteiger partial charge is 0.312 e. The molecule has 0 aromatic carbocycles. The number of carbonyl (C=O) groups is 3. The summed E-state index contributed by atoms with van der Waals surface area (Å²) in [5.74, 6) is -2.17. The predicted molar refractivity (Wildman–Crippen MR) is 130 cm³/mol. The first kappa shape index (κ1) is 27.6. The average molecular weight is 492 g/mol. The van der Waals surface area contributed by atoms with E-state index in [0.717, 1.165) is 5.57 Å². The number of esters is 1. The molecule has 35 heavy (non-hydrogen) atoms. The van der Waals surface area contributed by atoms with Gasteiger partial charge in [-0.15, -0.1) is 0 Å². The lowest BCUT2D eigenvalue weighted by Crippen LogP contribution is -2.58. The number of piperidine rings is 1. The number of nitrogens with one attached hydrogen (secondary N) is 1. The topological polar surface area (TPSA) is 122 Å². The second-order valence-corrected chi connectivity index (χ2v) is 10.6. The summed E-state index contributed by atoms with van der Waals surface area (Å²) in [5.41, 5.74) is -0.472. The highest BCUT2D eigenvalue weighted by Gasteiger charge is 2.53. The van der Waals surface area contributed by atoms with Crippen LogP contribution in [-0.2, 0) is 23.9 Å². The van der Waals surface area contributed by atoms with Gasteiger partial charge in [0.05, 0.1) is 17.6 Å². The molecule has 1 aliphatic carbocycles. The minimum atomic E-state index is -1.26. The van der Waals surface area contributed by atoms with E-state index in [2.05, 4.69) is 5.32 Å². The molecule has 2 saturated heterocycles. The summed E-state index contributed by atoms with van der Waals surface area (Å²) in [5, 5.41) is 25.1. The van der Waals surface area contributed by atoms with Crippen molar-refractivity contribution in [1.82, 2.24) is 5.32 Å². The van der Waals surface area contributed by atoms with Gasteiger partial charge in [-0.25, -0.2) is 0 Å². The van der Waals surface area contributed by atoms with Gasteiger partial charge in [-0.3, -0.25) is 19.7 Å². The molecule has 0 radical (unpaired) electrons. The molecular weight excluding hydrogens is 450 g/mol. The van der Waals surface area contributed by atoms with Crippen molar-refractivity contribution in [3.63, 3.8) is 0 Å². The number of aliphatic hydroxyl groups excluding tert-OH is 1. The van der Waals surface area contributed by atoms with E-state index in [9.17, 15) is 24.6 Å². The Morgan fingerprint density at radius 3 is 2.54 bits per heavy atom. The number of rotatable bonds is 5. The Morgan fingerprint density at radius 2 is 1.89 bits per heavy atom. The molecule has 3 N–H and O–H groups in total. The van der Waals surface area contributed by atoms with Crippen LogP contribution in [0.2, 0.25) is 0 Å². The SMILES string of the molecule is CO[C@H]1C=CCCCC2C(=O)OC(C(C)=CC(C)[C@@H]1O)[C@H](C)C2(O)CCCC1CC(=O)NC(=O)C1. The third kappa shape index (κ3) is 6.40. The van der Waals surface area contributed by atoms with Gasteiger partial charge in [-0.05, 0) is 50.5 Å². The lowest BCUT2D eigenvalue weighted by Gasteiger charge is -2.48. The quantitative estimate of drug-likeness (QED) is 0.307. The van der Waals surface area contributed by atoms with E-state index in [-0.39, 0.29) is 35.5 Å². The van der Waals surface area contributed by atoms with Crippen molar-refractivity contribution >= 4 is 17.8 Å². The molecule has 3 heterocycles. The highest BCUT2D eigenvalue weighted by Crippen LogP contribution is 2.44. The van der Waals surface area contributed by atoms with Crippen LogP contribution in [0, 0.1) is 23.7 Å². The zero-order valence-electron chi connectivity index (χ0n) is 21.4. The number of methoxy groups -OCH3 is 1. The summed E-state index contributed by atoms with van der Waals surface area (Å²) in [7, 11) is 1.58. The molecule has 2 fully saturated rings. The number of hydrogen-bond donors (Lipinski definition) is 3. The fourth-order valence-corrected chi connectivity index (χ4v) is 5.99. The molecule has 7 atom stereocenters. The summed E-state index contributed by atoms with van der Waals surface area (Å²) in [6, 6.07) is 0. The van der Waals surface area contributed by atoms with Gasteiger partial charge in [0.25, 0.3) is 0 Å². The number of aliphatic hydroxyl groups is 2. The van der Waals surface area contributed by atoms with Crippen LogP contribution in [0.3, 0.4) is 0 Å². The number of carbonyl (C=O) groups excluding carboxylic acids is 3. The first-order valence-corrected chi connectivity index (χ1v) is 12.9. The van der Waals surface area contributed by atoms with Crippen LogP contribution in [-0.4, -0.2) is 59.0 Å². The van der Waals surface area contributed by atoms with Crippen LogP contribution in [0.15, 0.2) is 23.8 Å². The molecule has 0 aromatic heterocycles. The normalized spacial score (nSPS) is 37.4. The minimum absolute atomic E-state index is 0.0411. The first-order chi connectivity index (χ1) is 16.6. The number of allylic oxidation sites excluding steroid dienone is 1. The highest BCUT2D eigenvalue weighted by molar-refractivity contribution is 5.97. The molecule has 4 unspecified atom stereocenters. The Morgan fingerprint density at radius 1 is 1.20 bits per heavy atom. The monoisotopic (exact) mass is 491 g/mol. The van der Waals surface area contributed by atoms with E-state index in [1.165, 1.54) is 0 Å². The molecule has 2 amide bonds. The van der Waals surface area contributed by atoms with Crippen LogP contribution in [0.25, 0.3) is 0 Å². The van der Waals surface area contributed by atoms with Crippen LogP contribution in [0.5, 0.6) is 0 Å². The van der Waals surface area contributed by atoms with E-state index in [0.29, 0.717) is 51.4 Å². The van der Waals surface area contributed by atoms with E-state index in [4.69, 9.17) is 9.47 Å². The maximum Gasteiger partial charge on any atom is 0.312 e. The maximum absolute atomic E-state index is 13.2. The summed E-state index contributed by atoms with van der Waals surface area (Å²) in [6.45, 7) is 5.68. The Bertz CT molecular complexity index is 836. The van der Waals surface area contributed by atoms with E-state index in [1.54, 1.807) is 7.11 Å². The van der Waals surface area contributed by atoms with Crippen molar-refractivity contribution < 1.29 is 34.1 Å². The average Bonchev–Trinajstić information content (AvgIpc) is 2.79. The van der Waals surface area contributed by atoms with Gasteiger partial charge in [-0.2, -0.15) is 0 Å². The first-order valence-electron chi connectivity index (χ1n) is 12.9. The largest absolute Gasteiger partial charge is 0.457 e. The van der Waals surface area contributed by atoms with Crippen molar-refractivity contribution in [1.29, 1.82) is 0 Å². The number of imide groups is 1. The lowest BCUT2D eigenvalue weighted by molar-refractivity contribution is -0.199. The van der Waals surface area contributed by atoms with Gasteiger partial charge in [0, 0.05) is 31.8 Å². The predicted octanol–water partition coefficient (Wildman–Crippen LogP) is 2.82. The summed E-state index contributed by atoms with van der Waals surface area (Å²) < 4.78 is 11.4. The lowest BCUT2D eigenvalue weighted by atomic mass is 9.67. The number of ether oxygens (including phenoxy) is 2. The molecule has 8 heteroatoms. The summed E-state index contributed by atoms with van der Waals surface area (Å²) in [6.07, 6.45) is 8.05. The Balaban J connectivity index is 1.83. The Kier molecular flexibility index (Phi) is 9.29. The Labute approximate surface area is 208 Å². The second-order valence-electron chi connectivity index (χ2n) is 10.6. The van der Waals surface area contributed by atoms with Gasteiger partial charge >= 0.3 is 5.97 Å². The molecule has 0 aromatic rings. The fourth-order valence-electron chi connectivity index (χ4n) is 5.99. The number of hydrogen-bond acceptors (Lipinski definition) is 7. The van der Waals surface area contributed by atoms with Crippen molar-refractivity contribution in [3.05, 3.63) is 23.8 Å². The molecule has 4 rings (SSSR count). The van der Waals surface area contributed by atoms with Gasteiger partial charge in [0.15, 0.2) is 0 Å². The van der Waals surface area contributed by atoms with E-state index >= 15 is 0 Å². The fraction of sp³-hybridized carbons (Fsp3) is 0.741. The van der Waals surface area contributed by atoms with Crippen LogP contribution >= 0.6 is 0 Å². The maximum atomic E-state index is 13.2. The zero-order valence-corrected chi connectivity index (χ0v) is 21.4. The van der Waals surface area contributed by atoms with Crippen molar-refractivity contribution in [2.45, 2.75) is 96.1 Å². The van der Waals surface area contributed by atoms with Crippen molar-refractivity contribution in [2.24, 2.45) is 23.7 Å². The molecule has 0 spiro atoms. The van der Waals surface area contributed by atoms with Gasteiger partial charge in [0.1, 0.15) is 12.2 Å². The summed E-state index contributed by atoms with van der Waals surface area (Å²) >= 11 is 0. The third-order valence-corrected chi connectivity index (χ3v) is 8.10. The summed E-state index contributed by atoms with van der Waals surface area (Å²) in [4.78, 5) is 36.6. The molecule has 8 nitrogen and oxygen atoms in total. The zero-order chi connectivity index (χ0) is 25.8. The van der Waals surface area contributed by atoms with E-state index < -0.39 is 29.8 Å². The third-order valence-electron chi connectivity index (χ3n) is 8.10. The van der Waals surface area contributed by atoms with Crippen LogP contribution in [0.4, 0.5) is 0 Å². The molecule has 196 valence electrons. The highest BCUT2D eigenvalue weighted by atomic mass is 16.6. The van der Waals surface area contributed by atoms with E-state index in [1.807, 2.05) is 39.0 Å². The molecule has 3 aliphatic heterocycles. The Hall–Kier alpha value is -2.03. The van der Waals surface area contributed by atoms with Crippen LogP contribution < -0.4 is 5.32 Å². The number of amides is 2. The van der Waals surface area contributed by atoms with Crippen LogP contribution in [0.1, 0.15) is 72.1 Å². The molecule has 0 saturated carbocycles. The van der Waals surface area contributed by atoms with Gasteiger partial charge in [-0.1, -0.05) is 38.5 Å². The molecule has 2 bridgehead atoms. The molecule has 4 aliphatic rings. The second kappa shape index (κ2) is 11.8. The standard InChI is InChI=1S/C27H41NO7/c1-16-13-17(2)25-18(3)27(33,12-8-9-19-14-22(29)28-23(30)15-19)20(26(32)35-25)10-6-5-7-11-21(34-4)24(16)31/h7,11,13,16,18-21,24-25,31,33H,5-6,8-10,12,14-15H2,1-4H3,(H,28,29,30)/t16?,18-,20?,21-,24-,25?,27?/m0/s1. The van der Waals surface area contributed by atoms with Crippen molar-refractivity contribution in [2.75, 3.05) is 7.11 Å². The van der Waals surface area contributed by atoms with Crippen molar-refractivity contribution in [3.8, 4) is 0 Å². The van der Waals surface area contributed by atoms with Gasteiger partial charge < -0.3 is 19.7 Å².